The Balaban J connectivity index is 1.72. The van der Waals surface area contributed by atoms with Crippen LogP contribution in [-0.2, 0) is 16.4 Å². The van der Waals surface area contributed by atoms with Crippen molar-refractivity contribution < 1.29 is 13.2 Å². The molecule has 0 amide bonds. The summed E-state index contributed by atoms with van der Waals surface area (Å²) in [5, 5.41) is 0. The molecule has 3 aromatic rings. The Morgan fingerprint density at radius 1 is 1.25 bits per heavy atom. The van der Waals surface area contributed by atoms with Gasteiger partial charge in [-0.1, -0.05) is 12.1 Å². The van der Waals surface area contributed by atoms with Gasteiger partial charge in [0, 0.05) is 25.4 Å². The summed E-state index contributed by atoms with van der Waals surface area (Å²) in [4.78, 5) is 4.61. The van der Waals surface area contributed by atoms with Crippen LogP contribution in [-0.4, -0.2) is 31.5 Å². The lowest BCUT2D eigenvalue weighted by atomic mass is 10.2. The molecule has 0 atom stereocenters. The summed E-state index contributed by atoms with van der Waals surface area (Å²) < 4.78 is 34.7. The maximum atomic E-state index is 12.5. The number of nitrogens with one attached hydrogen (secondary N) is 1. The summed E-state index contributed by atoms with van der Waals surface area (Å²) in [6.45, 7) is 2.11. The largest absolute Gasteiger partial charge is 0.495 e. The van der Waals surface area contributed by atoms with Crippen molar-refractivity contribution in [1.82, 2.24) is 14.1 Å². The number of hydrogen-bond acceptors (Lipinski definition) is 4. The zero-order valence-corrected chi connectivity index (χ0v) is 14.4. The molecule has 0 bridgehead atoms. The maximum Gasteiger partial charge on any atom is 0.244 e. The van der Waals surface area contributed by atoms with Gasteiger partial charge in [0.25, 0.3) is 0 Å². The quantitative estimate of drug-likeness (QED) is 0.743. The predicted molar refractivity (Wildman–Crippen MR) is 91.8 cm³/mol. The van der Waals surface area contributed by atoms with Crippen LogP contribution in [0.5, 0.6) is 5.75 Å². The number of benzene rings is 1. The molecule has 3 rings (SSSR count). The Labute approximate surface area is 141 Å². The highest BCUT2D eigenvalue weighted by Gasteiger charge is 2.19. The highest BCUT2D eigenvalue weighted by atomic mass is 32.2. The van der Waals surface area contributed by atoms with Gasteiger partial charge in [0.1, 0.15) is 16.3 Å². The van der Waals surface area contributed by atoms with E-state index in [0.717, 1.165) is 16.9 Å². The van der Waals surface area contributed by atoms with Crippen LogP contribution in [0.1, 0.15) is 11.3 Å². The van der Waals surface area contributed by atoms with Crippen molar-refractivity contribution in [2.75, 3.05) is 13.7 Å². The molecule has 0 spiro atoms. The molecule has 6 nitrogen and oxygen atoms in total. The second kappa shape index (κ2) is 6.62. The molecule has 0 saturated heterocycles. The van der Waals surface area contributed by atoms with E-state index in [1.807, 2.05) is 48.0 Å². The maximum absolute atomic E-state index is 12.5. The summed E-state index contributed by atoms with van der Waals surface area (Å²) in [6, 6.07) is 10.8. The van der Waals surface area contributed by atoms with Crippen molar-refractivity contribution in [2.24, 2.45) is 0 Å². The van der Waals surface area contributed by atoms with Gasteiger partial charge in [0.15, 0.2) is 0 Å². The molecule has 1 aromatic carbocycles. The highest BCUT2D eigenvalue weighted by molar-refractivity contribution is 7.89. The van der Waals surface area contributed by atoms with Crippen molar-refractivity contribution >= 4 is 15.7 Å². The first-order chi connectivity index (χ1) is 11.5. The zero-order chi connectivity index (χ0) is 17.2. The molecule has 0 saturated carbocycles. The number of rotatable bonds is 6. The van der Waals surface area contributed by atoms with E-state index in [2.05, 4.69) is 9.71 Å². The number of ether oxygens (including phenoxy) is 1. The van der Waals surface area contributed by atoms with Gasteiger partial charge in [-0.3, -0.25) is 0 Å². The van der Waals surface area contributed by atoms with E-state index in [9.17, 15) is 8.42 Å². The molecular formula is C17H19N3O3S. The van der Waals surface area contributed by atoms with Gasteiger partial charge in [0.05, 0.1) is 12.8 Å². The Morgan fingerprint density at radius 3 is 2.83 bits per heavy atom. The van der Waals surface area contributed by atoms with Crippen LogP contribution in [0.4, 0.5) is 0 Å². The topological polar surface area (TPSA) is 72.7 Å². The summed E-state index contributed by atoms with van der Waals surface area (Å²) in [6.07, 6.45) is 4.32. The van der Waals surface area contributed by atoms with Crippen molar-refractivity contribution in [3.63, 3.8) is 0 Å². The molecule has 24 heavy (non-hydrogen) atoms. The lowest BCUT2D eigenvalue weighted by Gasteiger charge is -2.11. The fraction of sp³-hybridized carbons (Fsp3) is 0.235. The molecule has 0 aliphatic carbocycles. The smallest absolute Gasteiger partial charge is 0.244 e. The number of nitrogens with zero attached hydrogens (tertiary/aromatic N) is 2. The Hall–Kier alpha value is -2.38. The number of imidazole rings is 1. The van der Waals surface area contributed by atoms with Gasteiger partial charge < -0.3 is 9.14 Å². The van der Waals surface area contributed by atoms with Gasteiger partial charge in [-0.05, 0) is 36.8 Å². The molecule has 126 valence electrons. The molecule has 0 aliphatic rings. The van der Waals surface area contributed by atoms with Crippen LogP contribution in [0.3, 0.4) is 0 Å². The van der Waals surface area contributed by atoms with Gasteiger partial charge in [-0.25, -0.2) is 18.1 Å². The van der Waals surface area contributed by atoms with Crippen molar-refractivity contribution in [1.29, 1.82) is 0 Å². The second-order valence-electron chi connectivity index (χ2n) is 5.50. The first-order valence-electron chi connectivity index (χ1n) is 7.56. The van der Waals surface area contributed by atoms with Crippen LogP contribution in [0.25, 0.3) is 5.65 Å². The second-order valence-corrected chi connectivity index (χ2v) is 7.24. The zero-order valence-electron chi connectivity index (χ0n) is 13.6. The minimum Gasteiger partial charge on any atom is -0.495 e. The minimum absolute atomic E-state index is 0.153. The number of sulfonamides is 1. The standard InChI is InChI=1S/C17H19N3O3S/c1-13-6-7-15(23-2)16(11-13)24(21,22)18-9-8-14-12-20-10-4-3-5-17(20)19-14/h3-7,10-12,18H,8-9H2,1-2H3. The van der Waals surface area contributed by atoms with E-state index in [4.69, 9.17) is 4.74 Å². The predicted octanol–water partition coefficient (Wildman–Crippen LogP) is 2.17. The Morgan fingerprint density at radius 2 is 2.08 bits per heavy atom. The van der Waals surface area contributed by atoms with E-state index in [-0.39, 0.29) is 11.4 Å². The van der Waals surface area contributed by atoms with Crippen molar-refractivity contribution in [3.05, 3.63) is 60.0 Å². The summed E-state index contributed by atoms with van der Waals surface area (Å²) in [5.41, 5.74) is 2.53. The Kier molecular flexibility index (Phi) is 4.55. The van der Waals surface area contributed by atoms with Crippen molar-refractivity contribution in [2.45, 2.75) is 18.2 Å². The van der Waals surface area contributed by atoms with Gasteiger partial charge in [-0.2, -0.15) is 0 Å². The average Bonchev–Trinajstić information content (AvgIpc) is 2.97. The van der Waals surface area contributed by atoms with E-state index in [1.165, 1.54) is 7.11 Å². The lowest BCUT2D eigenvalue weighted by Crippen LogP contribution is -2.26. The molecule has 0 unspecified atom stereocenters. The first-order valence-corrected chi connectivity index (χ1v) is 9.05. The normalized spacial score (nSPS) is 11.8. The molecule has 2 aromatic heterocycles. The van der Waals surface area contributed by atoms with Crippen LogP contribution >= 0.6 is 0 Å². The average molecular weight is 345 g/mol. The number of methoxy groups -OCH3 is 1. The van der Waals surface area contributed by atoms with Gasteiger partial charge in [-0.15, -0.1) is 0 Å². The summed E-state index contributed by atoms with van der Waals surface area (Å²) in [7, 11) is -2.18. The van der Waals surface area contributed by atoms with E-state index in [1.54, 1.807) is 12.1 Å². The molecule has 2 heterocycles. The van der Waals surface area contributed by atoms with E-state index >= 15 is 0 Å². The monoisotopic (exact) mass is 345 g/mol. The molecule has 0 fully saturated rings. The van der Waals surface area contributed by atoms with Crippen LogP contribution in [0.15, 0.2) is 53.7 Å². The molecular weight excluding hydrogens is 326 g/mol. The number of aryl methyl sites for hydroxylation is 1. The molecule has 0 aliphatic heterocycles. The van der Waals surface area contributed by atoms with Crippen LogP contribution < -0.4 is 9.46 Å². The summed E-state index contributed by atoms with van der Waals surface area (Å²) >= 11 is 0. The van der Waals surface area contributed by atoms with E-state index in [0.29, 0.717) is 12.2 Å². The lowest BCUT2D eigenvalue weighted by molar-refractivity contribution is 0.402. The molecule has 7 heteroatoms. The number of hydrogen-bond donors (Lipinski definition) is 1. The number of aromatic nitrogens is 2. The fourth-order valence-corrected chi connectivity index (χ4v) is 3.78. The van der Waals surface area contributed by atoms with Crippen LogP contribution in [0.2, 0.25) is 0 Å². The third-order valence-corrected chi connectivity index (χ3v) is 5.18. The fourth-order valence-electron chi connectivity index (χ4n) is 2.49. The number of fused-ring (bicyclic) bond motifs is 1. The number of pyridine rings is 1. The third kappa shape index (κ3) is 3.42. The first kappa shape index (κ1) is 16.5. The third-order valence-electron chi connectivity index (χ3n) is 3.70. The van der Waals surface area contributed by atoms with Crippen molar-refractivity contribution in [3.8, 4) is 5.75 Å². The molecule has 0 radical (unpaired) electrons. The molecule has 1 N–H and O–H groups in total. The Bertz CT molecular complexity index is 931. The minimum atomic E-state index is -3.64. The van der Waals surface area contributed by atoms with Gasteiger partial charge in [0.2, 0.25) is 10.0 Å². The highest BCUT2D eigenvalue weighted by Crippen LogP contribution is 2.24. The van der Waals surface area contributed by atoms with Crippen LogP contribution in [0, 0.1) is 6.92 Å². The summed E-state index contributed by atoms with van der Waals surface area (Å²) in [5.74, 6) is 0.334. The SMILES string of the molecule is COc1ccc(C)cc1S(=O)(=O)NCCc1cn2ccccc2n1. The van der Waals surface area contributed by atoms with Gasteiger partial charge >= 0.3 is 0 Å². The van der Waals surface area contributed by atoms with E-state index < -0.39 is 10.0 Å².